The van der Waals surface area contributed by atoms with Gasteiger partial charge < -0.3 is 15.1 Å². The number of hydrogen-bond acceptors (Lipinski definition) is 3. The SMILES string of the molecule is CN1CCN(C(=O)c2cccc(C(=O)NC3CCCCCC3)c2)CC1. The third-order valence-corrected chi connectivity index (χ3v) is 5.35. The standard InChI is InChI=1S/C20H29N3O2/c1-22-11-13-23(14-12-22)20(25)17-8-6-7-16(15-17)19(24)21-18-9-4-2-3-5-10-18/h6-8,15,18H,2-5,9-14H2,1H3,(H,21,24). The summed E-state index contributed by atoms with van der Waals surface area (Å²) in [4.78, 5) is 29.4. The average molecular weight is 343 g/mol. The maximum atomic E-state index is 12.7. The summed E-state index contributed by atoms with van der Waals surface area (Å²) in [5.41, 5.74) is 1.20. The molecule has 0 unspecified atom stereocenters. The van der Waals surface area contributed by atoms with Crippen molar-refractivity contribution in [3.63, 3.8) is 0 Å². The number of rotatable bonds is 3. The lowest BCUT2D eigenvalue weighted by Crippen LogP contribution is -2.47. The normalized spacial score (nSPS) is 20.1. The minimum Gasteiger partial charge on any atom is -0.349 e. The first-order valence-electron chi connectivity index (χ1n) is 9.52. The van der Waals surface area contributed by atoms with Gasteiger partial charge >= 0.3 is 0 Å². The van der Waals surface area contributed by atoms with Crippen molar-refractivity contribution in [1.29, 1.82) is 0 Å². The molecule has 0 atom stereocenters. The molecule has 0 radical (unpaired) electrons. The quantitative estimate of drug-likeness (QED) is 0.858. The molecule has 136 valence electrons. The molecule has 5 nitrogen and oxygen atoms in total. The van der Waals surface area contributed by atoms with Gasteiger partial charge in [0.2, 0.25) is 0 Å². The zero-order chi connectivity index (χ0) is 17.6. The monoisotopic (exact) mass is 343 g/mol. The first kappa shape index (κ1) is 17.9. The van der Waals surface area contributed by atoms with Crippen molar-refractivity contribution in [2.75, 3.05) is 33.2 Å². The van der Waals surface area contributed by atoms with Crippen LogP contribution in [0.25, 0.3) is 0 Å². The molecular weight excluding hydrogens is 314 g/mol. The van der Waals surface area contributed by atoms with Gasteiger partial charge in [-0.2, -0.15) is 0 Å². The molecule has 2 fully saturated rings. The van der Waals surface area contributed by atoms with Crippen LogP contribution in [-0.2, 0) is 0 Å². The van der Waals surface area contributed by atoms with E-state index in [1.807, 2.05) is 17.0 Å². The summed E-state index contributed by atoms with van der Waals surface area (Å²) in [5, 5.41) is 3.16. The van der Waals surface area contributed by atoms with E-state index >= 15 is 0 Å². The minimum absolute atomic E-state index is 0.0252. The van der Waals surface area contributed by atoms with Crippen LogP contribution < -0.4 is 5.32 Å². The van der Waals surface area contributed by atoms with Gasteiger partial charge in [-0.3, -0.25) is 9.59 Å². The molecule has 0 spiro atoms. The van der Waals surface area contributed by atoms with Crippen molar-refractivity contribution in [3.8, 4) is 0 Å². The Morgan fingerprint density at radius 1 is 0.960 bits per heavy atom. The smallest absolute Gasteiger partial charge is 0.253 e. The van der Waals surface area contributed by atoms with Crippen LogP contribution in [0.2, 0.25) is 0 Å². The van der Waals surface area contributed by atoms with E-state index in [1.54, 1.807) is 12.1 Å². The highest BCUT2D eigenvalue weighted by Crippen LogP contribution is 2.18. The second-order valence-corrected chi connectivity index (χ2v) is 7.34. The fraction of sp³-hybridized carbons (Fsp3) is 0.600. The van der Waals surface area contributed by atoms with Gasteiger partial charge in [-0.05, 0) is 38.1 Å². The predicted molar refractivity (Wildman–Crippen MR) is 98.8 cm³/mol. The number of nitrogens with one attached hydrogen (secondary N) is 1. The molecule has 0 bridgehead atoms. The molecular formula is C20H29N3O2. The van der Waals surface area contributed by atoms with Crippen LogP contribution >= 0.6 is 0 Å². The molecule has 1 saturated heterocycles. The van der Waals surface area contributed by atoms with Crippen LogP contribution in [-0.4, -0.2) is 60.9 Å². The second kappa shape index (κ2) is 8.48. The summed E-state index contributed by atoms with van der Waals surface area (Å²) < 4.78 is 0. The van der Waals surface area contributed by atoms with Gasteiger partial charge in [-0.1, -0.05) is 31.7 Å². The molecule has 1 aromatic carbocycles. The topological polar surface area (TPSA) is 52.7 Å². The van der Waals surface area contributed by atoms with Crippen molar-refractivity contribution in [2.24, 2.45) is 0 Å². The summed E-state index contributed by atoms with van der Waals surface area (Å²) in [5.74, 6) is -0.0304. The van der Waals surface area contributed by atoms with Crippen molar-refractivity contribution in [2.45, 2.75) is 44.6 Å². The first-order valence-corrected chi connectivity index (χ1v) is 9.52. The largest absolute Gasteiger partial charge is 0.349 e. The third-order valence-electron chi connectivity index (χ3n) is 5.35. The summed E-state index contributed by atoms with van der Waals surface area (Å²) >= 11 is 0. The van der Waals surface area contributed by atoms with Crippen LogP contribution in [0.1, 0.15) is 59.2 Å². The molecule has 5 heteroatoms. The Kier molecular flexibility index (Phi) is 6.08. The number of nitrogens with zero attached hydrogens (tertiary/aromatic N) is 2. The number of hydrogen-bond donors (Lipinski definition) is 1. The Morgan fingerprint density at radius 2 is 1.60 bits per heavy atom. The maximum Gasteiger partial charge on any atom is 0.253 e. The lowest BCUT2D eigenvalue weighted by molar-refractivity contribution is 0.0664. The van der Waals surface area contributed by atoms with Gasteiger partial charge in [0.15, 0.2) is 0 Å². The molecule has 3 rings (SSSR count). The molecule has 1 heterocycles. The Labute approximate surface area is 150 Å². The second-order valence-electron chi connectivity index (χ2n) is 7.34. The lowest BCUT2D eigenvalue weighted by atomic mass is 10.1. The Bertz CT molecular complexity index is 601. The van der Waals surface area contributed by atoms with E-state index in [-0.39, 0.29) is 17.9 Å². The Hall–Kier alpha value is -1.88. The molecule has 2 aliphatic rings. The van der Waals surface area contributed by atoms with E-state index in [0.29, 0.717) is 11.1 Å². The Balaban J connectivity index is 1.64. The molecule has 1 aliphatic carbocycles. The summed E-state index contributed by atoms with van der Waals surface area (Å²) in [6.07, 6.45) is 7.03. The predicted octanol–water partition coefficient (Wildman–Crippen LogP) is 2.53. The zero-order valence-corrected chi connectivity index (χ0v) is 15.2. The highest BCUT2D eigenvalue weighted by atomic mass is 16.2. The molecule has 1 aromatic rings. The van der Waals surface area contributed by atoms with E-state index in [9.17, 15) is 9.59 Å². The molecule has 1 saturated carbocycles. The van der Waals surface area contributed by atoms with Gasteiger partial charge in [0.1, 0.15) is 0 Å². The van der Waals surface area contributed by atoms with Gasteiger partial charge in [0.25, 0.3) is 11.8 Å². The van der Waals surface area contributed by atoms with Gasteiger partial charge in [0, 0.05) is 43.3 Å². The summed E-state index contributed by atoms with van der Waals surface area (Å²) in [6.45, 7) is 3.28. The van der Waals surface area contributed by atoms with Gasteiger partial charge in [-0.25, -0.2) is 0 Å². The van der Waals surface area contributed by atoms with Gasteiger partial charge in [0.05, 0.1) is 0 Å². The fourth-order valence-corrected chi connectivity index (χ4v) is 3.68. The highest BCUT2D eigenvalue weighted by Gasteiger charge is 2.21. The molecule has 0 aromatic heterocycles. The van der Waals surface area contributed by atoms with E-state index in [4.69, 9.17) is 0 Å². The third kappa shape index (κ3) is 4.82. The average Bonchev–Trinajstić information content (AvgIpc) is 2.90. The van der Waals surface area contributed by atoms with Crippen LogP contribution in [0.5, 0.6) is 0 Å². The van der Waals surface area contributed by atoms with Crippen LogP contribution in [0.3, 0.4) is 0 Å². The number of benzene rings is 1. The molecule has 1 N–H and O–H groups in total. The van der Waals surface area contributed by atoms with E-state index in [2.05, 4.69) is 17.3 Å². The van der Waals surface area contributed by atoms with Crippen molar-refractivity contribution in [3.05, 3.63) is 35.4 Å². The number of carbonyl (C=O) groups is 2. The first-order chi connectivity index (χ1) is 12.1. The van der Waals surface area contributed by atoms with Crippen LogP contribution in [0, 0.1) is 0 Å². The van der Waals surface area contributed by atoms with Crippen LogP contribution in [0.15, 0.2) is 24.3 Å². The number of carbonyl (C=O) groups excluding carboxylic acids is 2. The molecule has 2 amide bonds. The fourth-order valence-electron chi connectivity index (χ4n) is 3.68. The van der Waals surface area contributed by atoms with Gasteiger partial charge in [-0.15, -0.1) is 0 Å². The van der Waals surface area contributed by atoms with Crippen molar-refractivity contribution >= 4 is 11.8 Å². The van der Waals surface area contributed by atoms with Crippen molar-refractivity contribution in [1.82, 2.24) is 15.1 Å². The number of amides is 2. The highest BCUT2D eigenvalue weighted by molar-refractivity contribution is 5.99. The zero-order valence-electron chi connectivity index (χ0n) is 15.2. The number of piperazine rings is 1. The summed E-state index contributed by atoms with van der Waals surface area (Å²) in [7, 11) is 2.07. The van der Waals surface area contributed by atoms with E-state index in [0.717, 1.165) is 39.0 Å². The van der Waals surface area contributed by atoms with Crippen LogP contribution in [0.4, 0.5) is 0 Å². The van der Waals surface area contributed by atoms with Crippen molar-refractivity contribution < 1.29 is 9.59 Å². The summed E-state index contributed by atoms with van der Waals surface area (Å²) in [6, 6.07) is 7.43. The minimum atomic E-state index is -0.0556. The lowest BCUT2D eigenvalue weighted by Gasteiger charge is -2.32. The van der Waals surface area contributed by atoms with E-state index in [1.165, 1.54) is 25.7 Å². The molecule has 1 aliphatic heterocycles. The maximum absolute atomic E-state index is 12.7. The Morgan fingerprint density at radius 3 is 2.28 bits per heavy atom. The number of likely N-dealkylation sites (N-methyl/N-ethyl adjacent to an activating group) is 1. The molecule has 25 heavy (non-hydrogen) atoms. The van der Waals surface area contributed by atoms with E-state index < -0.39 is 0 Å².